The molecule has 0 spiro atoms. The summed E-state index contributed by atoms with van der Waals surface area (Å²) in [5, 5.41) is 0. The summed E-state index contributed by atoms with van der Waals surface area (Å²) in [5.74, 6) is -1.02. The van der Waals surface area contributed by atoms with Crippen LogP contribution in [0, 0.1) is 11.7 Å². The van der Waals surface area contributed by atoms with Crippen LogP contribution in [0.15, 0.2) is 70.1 Å². The lowest BCUT2D eigenvalue weighted by Crippen LogP contribution is -2.42. The van der Waals surface area contributed by atoms with Gasteiger partial charge in [-0.15, -0.1) is 0 Å². The first-order chi connectivity index (χ1) is 17.4. The number of likely N-dealkylation sites (tertiary alicyclic amines) is 1. The molecular weight excluding hydrogens is 493 g/mol. The van der Waals surface area contributed by atoms with Crippen LogP contribution < -0.4 is 5.43 Å². The van der Waals surface area contributed by atoms with Crippen LogP contribution in [0.25, 0.3) is 0 Å². The van der Waals surface area contributed by atoms with E-state index >= 15 is 0 Å². The molecule has 2 aromatic carbocycles. The number of carbonyl (C=O) groups is 1. The Morgan fingerprint density at radius 1 is 1.08 bits per heavy atom. The summed E-state index contributed by atoms with van der Waals surface area (Å²) in [5.41, 5.74) is -2.89. The van der Waals surface area contributed by atoms with Gasteiger partial charge < -0.3 is 9.32 Å². The van der Waals surface area contributed by atoms with Gasteiger partial charge in [-0.2, -0.15) is 13.2 Å². The van der Waals surface area contributed by atoms with Gasteiger partial charge in [0.05, 0.1) is 6.26 Å². The molecule has 3 atom stereocenters. The van der Waals surface area contributed by atoms with Crippen LogP contribution in [-0.2, 0) is 23.9 Å². The Morgan fingerprint density at radius 3 is 2.49 bits per heavy atom. The van der Waals surface area contributed by atoms with E-state index in [1.807, 2.05) is 0 Å². The first-order valence-electron chi connectivity index (χ1n) is 11.9. The summed E-state index contributed by atoms with van der Waals surface area (Å²) in [6.45, 7) is 1.08. The summed E-state index contributed by atoms with van der Waals surface area (Å²) < 4.78 is 73.9. The van der Waals surface area contributed by atoms with Gasteiger partial charge in [0.2, 0.25) is 5.67 Å². The molecule has 194 valence electrons. The number of amides is 1. The van der Waals surface area contributed by atoms with Crippen molar-refractivity contribution in [3.05, 3.63) is 105 Å². The number of hydrogen-bond donors (Lipinski definition) is 0. The second-order valence-corrected chi connectivity index (χ2v) is 10.1. The highest BCUT2D eigenvalue weighted by Gasteiger charge is 2.55. The molecule has 2 aliphatic rings. The fourth-order valence-corrected chi connectivity index (χ4v) is 5.79. The molecule has 3 aromatic rings. The lowest BCUT2D eigenvalue weighted by atomic mass is 9.62. The number of benzene rings is 2. The maximum Gasteiger partial charge on any atom is 0.426 e. The Labute approximate surface area is 209 Å². The predicted molar refractivity (Wildman–Crippen MR) is 125 cm³/mol. The Hall–Kier alpha value is -3.49. The van der Waals surface area contributed by atoms with Crippen LogP contribution in [0.3, 0.4) is 0 Å². The van der Waals surface area contributed by atoms with Gasteiger partial charge in [-0.3, -0.25) is 9.59 Å². The Morgan fingerprint density at radius 2 is 1.81 bits per heavy atom. The first-order valence-corrected chi connectivity index (χ1v) is 11.9. The van der Waals surface area contributed by atoms with Gasteiger partial charge in [0.1, 0.15) is 5.82 Å². The molecular formula is C28H24F5NO3. The molecule has 1 aliphatic carbocycles. The van der Waals surface area contributed by atoms with Crippen molar-refractivity contribution in [2.24, 2.45) is 5.92 Å². The van der Waals surface area contributed by atoms with Gasteiger partial charge in [-0.25, -0.2) is 8.78 Å². The van der Waals surface area contributed by atoms with Crippen LogP contribution >= 0.6 is 0 Å². The highest BCUT2D eigenvalue weighted by molar-refractivity contribution is 5.91. The molecule has 0 N–H and O–H groups in total. The number of hydrogen-bond acceptors (Lipinski definition) is 3. The zero-order chi connectivity index (χ0) is 26.6. The van der Waals surface area contributed by atoms with E-state index in [2.05, 4.69) is 0 Å². The molecule has 2 heterocycles. The van der Waals surface area contributed by atoms with E-state index < -0.39 is 34.5 Å². The minimum Gasteiger partial charge on any atom is -0.459 e. The van der Waals surface area contributed by atoms with Crippen molar-refractivity contribution in [2.45, 2.75) is 43.4 Å². The molecule has 1 saturated heterocycles. The Bertz CT molecular complexity index is 1400. The summed E-state index contributed by atoms with van der Waals surface area (Å²) in [6.07, 6.45) is -2.53. The fourth-order valence-electron chi connectivity index (χ4n) is 5.79. The highest BCUT2D eigenvalue weighted by Crippen LogP contribution is 2.51. The van der Waals surface area contributed by atoms with Crippen LogP contribution in [0.4, 0.5) is 22.0 Å². The molecule has 1 amide bonds. The summed E-state index contributed by atoms with van der Waals surface area (Å²) in [4.78, 5) is 26.6. The Kier molecular flexibility index (Phi) is 6.00. The summed E-state index contributed by atoms with van der Waals surface area (Å²) in [7, 11) is 0. The number of nitrogens with zero attached hydrogens (tertiary/aromatic N) is 1. The lowest BCUT2D eigenvalue weighted by Gasteiger charge is -2.41. The van der Waals surface area contributed by atoms with Gasteiger partial charge in [-0.05, 0) is 66.5 Å². The van der Waals surface area contributed by atoms with Crippen molar-refractivity contribution in [1.29, 1.82) is 0 Å². The molecule has 9 heteroatoms. The smallest absolute Gasteiger partial charge is 0.426 e. The third-order valence-corrected chi connectivity index (χ3v) is 7.81. The number of rotatable bonds is 4. The van der Waals surface area contributed by atoms with Crippen molar-refractivity contribution in [3.8, 4) is 0 Å². The van der Waals surface area contributed by atoms with Crippen molar-refractivity contribution in [1.82, 2.24) is 4.90 Å². The zero-order valence-electron chi connectivity index (χ0n) is 19.9. The monoisotopic (exact) mass is 517 g/mol. The average Bonchev–Trinajstić information content (AvgIpc) is 3.23. The molecule has 1 fully saturated rings. The largest absolute Gasteiger partial charge is 0.459 e. The minimum atomic E-state index is -5.07. The van der Waals surface area contributed by atoms with Crippen LogP contribution in [-0.4, -0.2) is 30.1 Å². The quantitative estimate of drug-likeness (QED) is 0.416. The maximum absolute atomic E-state index is 14.8. The molecule has 0 bridgehead atoms. The molecule has 5 rings (SSSR count). The summed E-state index contributed by atoms with van der Waals surface area (Å²) >= 11 is 0. The average molecular weight is 517 g/mol. The molecule has 1 aliphatic heterocycles. The zero-order valence-corrected chi connectivity index (χ0v) is 19.9. The second kappa shape index (κ2) is 8.82. The molecule has 4 nitrogen and oxygen atoms in total. The van der Waals surface area contributed by atoms with Crippen molar-refractivity contribution < 1.29 is 31.2 Å². The SMILES string of the molecule is CC(F)(c1ccc2c(c1)CCC1CN(C(=O)c3cc(=O)cco3)CC21Cc1ccc(F)cc1)C(F)(F)F. The van der Waals surface area contributed by atoms with Crippen LogP contribution in [0.5, 0.6) is 0 Å². The third kappa shape index (κ3) is 4.34. The number of fused-ring (bicyclic) bond motifs is 3. The van der Waals surface area contributed by atoms with Gasteiger partial charge >= 0.3 is 6.18 Å². The number of aryl methyl sites for hydroxylation is 1. The predicted octanol–water partition coefficient (Wildman–Crippen LogP) is 5.72. The van der Waals surface area contributed by atoms with Crippen LogP contribution in [0.1, 0.15) is 46.2 Å². The van der Waals surface area contributed by atoms with Gasteiger partial charge in [0.25, 0.3) is 5.91 Å². The molecule has 37 heavy (non-hydrogen) atoms. The standard InChI is InChI=1S/C28H24F5NO3/c1-26(30,28(31,32)33)19-6-9-23-18(12-19)4-5-20-15-34(25(36)24-13-22(35)10-11-37-24)16-27(20,23)14-17-2-7-21(29)8-3-17/h2-3,6-13,20H,4-5,14-16H2,1H3. The van der Waals surface area contributed by atoms with Gasteiger partial charge in [-0.1, -0.05) is 30.3 Å². The minimum absolute atomic E-state index is 0.0605. The van der Waals surface area contributed by atoms with E-state index in [1.54, 1.807) is 23.1 Å². The summed E-state index contributed by atoms with van der Waals surface area (Å²) in [6, 6.07) is 12.3. The fraction of sp³-hybridized carbons (Fsp3) is 0.357. The number of alkyl halides is 4. The topological polar surface area (TPSA) is 50.5 Å². The molecule has 3 unspecified atom stereocenters. The van der Waals surface area contributed by atoms with E-state index in [-0.39, 0.29) is 23.7 Å². The van der Waals surface area contributed by atoms with E-state index in [0.717, 1.165) is 23.5 Å². The first kappa shape index (κ1) is 25.2. The van der Waals surface area contributed by atoms with Crippen molar-refractivity contribution in [3.63, 3.8) is 0 Å². The van der Waals surface area contributed by atoms with Crippen molar-refractivity contribution in [2.75, 3.05) is 13.1 Å². The lowest BCUT2D eigenvalue weighted by molar-refractivity contribution is -0.228. The molecule has 0 radical (unpaired) electrons. The number of carbonyl (C=O) groups excluding carboxylic acids is 1. The van der Waals surface area contributed by atoms with E-state index in [1.165, 1.54) is 30.3 Å². The van der Waals surface area contributed by atoms with Crippen molar-refractivity contribution >= 4 is 5.91 Å². The third-order valence-electron chi connectivity index (χ3n) is 7.81. The molecule has 0 saturated carbocycles. The van der Waals surface area contributed by atoms with E-state index in [4.69, 9.17) is 4.42 Å². The van der Waals surface area contributed by atoms with Gasteiger partial charge in [0.15, 0.2) is 11.2 Å². The van der Waals surface area contributed by atoms with E-state index in [9.17, 15) is 31.5 Å². The second-order valence-electron chi connectivity index (χ2n) is 10.1. The van der Waals surface area contributed by atoms with Crippen LogP contribution in [0.2, 0.25) is 0 Å². The van der Waals surface area contributed by atoms with E-state index in [0.29, 0.717) is 38.3 Å². The maximum atomic E-state index is 14.8. The highest BCUT2D eigenvalue weighted by atomic mass is 19.4. The normalized spacial score (nSPS) is 22.8. The van der Waals surface area contributed by atoms with Gasteiger partial charge in [0, 0.05) is 30.6 Å². The number of halogens is 5. The Balaban J connectivity index is 1.58. The molecule has 1 aromatic heterocycles.